The first kappa shape index (κ1) is 16.4. The molecule has 2 atom stereocenters. The van der Waals surface area contributed by atoms with Gasteiger partial charge in [0.15, 0.2) is 0 Å². The Balaban J connectivity index is 2.14. The number of hydrogen-bond acceptors (Lipinski definition) is 4. The standard InChI is InChI=1S/C16H22N2O4/c1-5-22-13-9-12(16(13,2)3)18(4)14(19)10-7-6-8-11(17-10)15(20)21/h6-8,12-13H,5,9H2,1-4H3,(H,20,21). The quantitative estimate of drug-likeness (QED) is 0.900. The molecule has 0 spiro atoms. The molecule has 0 saturated heterocycles. The Labute approximate surface area is 130 Å². The van der Waals surface area contributed by atoms with Crippen LogP contribution in [0.4, 0.5) is 0 Å². The molecule has 0 aliphatic heterocycles. The first-order chi connectivity index (χ1) is 10.3. The lowest BCUT2D eigenvalue weighted by atomic mass is 9.63. The Morgan fingerprint density at radius 1 is 1.41 bits per heavy atom. The van der Waals surface area contributed by atoms with Crippen molar-refractivity contribution < 1.29 is 19.4 Å². The Kier molecular flexibility index (Phi) is 4.51. The molecule has 1 saturated carbocycles. The Hall–Kier alpha value is -1.95. The number of amides is 1. The summed E-state index contributed by atoms with van der Waals surface area (Å²) in [6, 6.07) is 4.49. The maximum atomic E-state index is 12.5. The topological polar surface area (TPSA) is 79.7 Å². The first-order valence-corrected chi connectivity index (χ1v) is 7.38. The molecule has 0 aromatic carbocycles. The third-order valence-electron chi connectivity index (χ3n) is 4.47. The smallest absolute Gasteiger partial charge is 0.354 e. The summed E-state index contributed by atoms with van der Waals surface area (Å²) >= 11 is 0. The Morgan fingerprint density at radius 3 is 2.59 bits per heavy atom. The molecule has 1 aliphatic carbocycles. The van der Waals surface area contributed by atoms with Gasteiger partial charge < -0.3 is 14.7 Å². The van der Waals surface area contributed by atoms with Crippen LogP contribution in [-0.2, 0) is 4.74 Å². The molecular formula is C16H22N2O4. The number of carboxylic acid groups (broad SMARTS) is 1. The van der Waals surface area contributed by atoms with Crippen LogP contribution >= 0.6 is 0 Å². The van der Waals surface area contributed by atoms with Crippen molar-refractivity contribution in [1.82, 2.24) is 9.88 Å². The molecule has 1 aliphatic rings. The average Bonchev–Trinajstić information content (AvgIpc) is 2.49. The van der Waals surface area contributed by atoms with E-state index < -0.39 is 5.97 Å². The highest BCUT2D eigenvalue weighted by molar-refractivity contribution is 5.94. The van der Waals surface area contributed by atoms with Crippen LogP contribution in [0.1, 0.15) is 48.2 Å². The van der Waals surface area contributed by atoms with Crippen LogP contribution in [0.5, 0.6) is 0 Å². The van der Waals surface area contributed by atoms with Gasteiger partial charge in [-0.25, -0.2) is 9.78 Å². The summed E-state index contributed by atoms with van der Waals surface area (Å²) in [5.74, 6) is -1.41. The molecular weight excluding hydrogens is 284 g/mol. The van der Waals surface area contributed by atoms with Gasteiger partial charge in [-0.1, -0.05) is 19.9 Å². The van der Waals surface area contributed by atoms with Crippen molar-refractivity contribution in [1.29, 1.82) is 0 Å². The zero-order valence-electron chi connectivity index (χ0n) is 13.4. The van der Waals surface area contributed by atoms with E-state index in [1.807, 2.05) is 6.92 Å². The van der Waals surface area contributed by atoms with Crippen molar-refractivity contribution >= 4 is 11.9 Å². The van der Waals surface area contributed by atoms with Crippen molar-refractivity contribution in [3.8, 4) is 0 Å². The minimum absolute atomic E-state index is 0.0480. The van der Waals surface area contributed by atoms with Gasteiger partial charge in [-0.3, -0.25) is 4.79 Å². The van der Waals surface area contributed by atoms with E-state index in [2.05, 4.69) is 18.8 Å². The van der Waals surface area contributed by atoms with E-state index >= 15 is 0 Å². The summed E-state index contributed by atoms with van der Waals surface area (Å²) in [5.41, 5.74) is -0.109. The number of nitrogens with zero attached hydrogens (tertiary/aromatic N) is 2. The molecule has 22 heavy (non-hydrogen) atoms. The number of aromatic carboxylic acids is 1. The fourth-order valence-electron chi connectivity index (χ4n) is 3.00. The van der Waals surface area contributed by atoms with Gasteiger partial charge in [0.25, 0.3) is 5.91 Å². The lowest BCUT2D eigenvalue weighted by molar-refractivity contribution is -0.136. The molecule has 0 radical (unpaired) electrons. The number of hydrogen-bond donors (Lipinski definition) is 1. The molecule has 120 valence electrons. The second-order valence-corrected chi connectivity index (χ2v) is 6.15. The number of carboxylic acids is 1. The fourth-order valence-corrected chi connectivity index (χ4v) is 3.00. The van der Waals surface area contributed by atoms with Crippen LogP contribution in [0.2, 0.25) is 0 Å². The fraction of sp³-hybridized carbons (Fsp3) is 0.562. The van der Waals surface area contributed by atoms with Gasteiger partial charge in [0, 0.05) is 25.1 Å². The van der Waals surface area contributed by atoms with Gasteiger partial charge in [0.2, 0.25) is 0 Å². The lowest BCUT2D eigenvalue weighted by Crippen LogP contribution is -2.62. The first-order valence-electron chi connectivity index (χ1n) is 7.38. The van der Waals surface area contributed by atoms with Crippen LogP contribution in [0.15, 0.2) is 18.2 Å². The molecule has 6 nitrogen and oxygen atoms in total. The van der Waals surface area contributed by atoms with E-state index in [1.54, 1.807) is 11.9 Å². The van der Waals surface area contributed by atoms with Crippen LogP contribution in [0.3, 0.4) is 0 Å². The normalized spacial score (nSPS) is 22.7. The third-order valence-corrected chi connectivity index (χ3v) is 4.47. The zero-order valence-corrected chi connectivity index (χ0v) is 13.4. The van der Waals surface area contributed by atoms with E-state index in [0.29, 0.717) is 6.61 Å². The second kappa shape index (κ2) is 6.04. The van der Waals surface area contributed by atoms with E-state index in [9.17, 15) is 9.59 Å². The summed E-state index contributed by atoms with van der Waals surface area (Å²) in [6.07, 6.45) is 0.915. The predicted octanol–water partition coefficient (Wildman–Crippen LogP) is 2.06. The van der Waals surface area contributed by atoms with Crippen LogP contribution in [0.25, 0.3) is 0 Å². The van der Waals surface area contributed by atoms with Crippen molar-refractivity contribution in [2.24, 2.45) is 5.41 Å². The van der Waals surface area contributed by atoms with Crippen molar-refractivity contribution in [3.05, 3.63) is 29.6 Å². The second-order valence-electron chi connectivity index (χ2n) is 6.15. The average molecular weight is 306 g/mol. The zero-order chi connectivity index (χ0) is 16.5. The number of carbonyl (C=O) groups is 2. The molecule has 1 N–H and O–H groups in total. The third kappa shape index (κ3) is 2.83. The Bertz CT molecular complexity index is 585. The number of carbonyl (C=O) groups excluding carboxylic acids is 1. The predicted molar refractivity (Wildman–Crippen MR) is 80.9 cm³/mol. The number of pyridine rings is 1. The van der Waals surface area contributed by atoms with E-state index in [4.69, 9.17) is 9.84 Å². The van der Waals surface area contributed by atoms with Crippen molar-refractivity contribution in [2.45, 2.75) is 39.3 Å². The van der Waals surface area contributed by atoms with E-state index in [1.165, 1.54) is 18.2 Å². The van der Waals surface area contributed by atoms with Crippen molar-refractivity contribution in [3.63, 3.8) is 0 Å². The summed E-state index contributed by atoms with van der Waals surface area (Å²) in [4.78, 5) is 29.1. The highest BCUT2D eigenvalue weighted by Crippen LogP contribution is 2.45. The minimum Gasteiger partial charge on any atom is -0.477 e. The monoisotopic (exact) mass is 306 g/mol. The molecule has 1 aromatic heterocycles. The lowest BCUT2D eigenvalue weighted by Gasteiger charge is -2.54. The molecule has 1 heterocycles. The highest BCUT2D eigenvalue weighted by Gasteiger charge is 2.51. The summed E-state index contributed by atoms with van der Waals surface area (Å²) in [6.45, 7) is 6.76. The molecule has 6 heteroatoms. The number of ether oxygens (including phenoxy) is 1. The molecule has 1 fully saturated rings. The van der Waals surface area contributed by atoms with Gasteiger partial charge in [-0.15, -0.1) is 0 Å². The summed E-state index contributed by atoms with van der Waals surface area (Å²) in [5, 5.41) is 8.97. The largest absolute Gasteiger partial charge is 0.477 e. The number of rotatable bonds is 5. The maximum absolute atomic E-state index is 12.5. The summed E-state index contributed by atoms with van der Waals surface area (Å²) < 4.78 is 5.68. The van der Waals surface area contributed by atoms with Gasteiger partial charge in [0.05, 0.1) is 6.10 Å². The van der Waals surface area contributed by atoms with Gasteiger partial charge in [-0.2, -0.15) is 0 Å². The summed E-state index contributed by atoms with van der Waals surface area (Å²) in [7, 11) is 1.73. The molecule has 1 aromatic rings. The minimum atomic E-state index is -1.14. The molecule has 0 bridgehead atoms. The van der Waals surface area contributed by atoms with Gasteiger partial charge in [0.1, 0.15) is 11.4 Å². The number of aromatic nitrogens is 1. The van der Waals surface area contributed by atoms with Crippen LogP contribution < -0.4 is 0 Å². The SMILES string of the molecule is CCOC1CC(N(C)C(=O)c2cccc(C(=O)O)n2)C1(C)C. The Morgan fingerprint density at radius 2 is 2.05 bits per heavy atom. The molecule has 1 amide bonds. The van der Waals surface area contributed by atoms with Gasteiger partial charge in [-0.05, 0) is 25.5 Å². The van der Waals surface area contributed by atoms with E-state index in [0.717, 1.165) is 6.42 Å². The molecule has 2 rings (SSSR count). The van der Waals surface area contributed by atoms with Crippen LogP contribution in [0, 0.1) is 5.41 Å². The van der Waals surface area contributed by atoms with Crippen LogP contribution in [-0.4, -0.2) is 52.7 Å². The van der Waals surface area contributed by atoms with Crippen molar-refractivity contribution in [2.75, 3.05) is 13.7 Å². The highest BCUT2D eigenvalue weighted by atomic mass is 16.5. The molecule has 2 unspecified atom stereocenters. The van der Waals surface area contributed by atoms with Gasteiger partial charge >= 0.3 is 5.97 Å². The van der Waals surface area contributed by atoms with E-state index in [-0.39, 0.29) is 34.9 Å². The maximum Gasteiger partial charge on any atom is 0.354 e.